The lowest BCUT2D eigenvalue weighted by molar-refractivity contribution is 0.596. The van der Waals surface area contributed by atoms with Gasteiger partial charge in [0.2, 0.25) is 9.84 Å². The molecule has 3 nitrogen and oxygen atoms in total. The van der Waals surface area contributed by atoms with Gasteiger partial charge in [-0.15, -0.1) is 0 Å². The first-order valence-electron chi connectivity index (χ1n) is 5.94. The van der Waals surface area contributed by atoms with Crippen LogP contribution < -0.4 is 0 Å². The lowest BCUT2D eigenvalue weighted by atomic mass is 10.2. The second-order valence-corrected chi connectivity index (χ2v) is 6.56. The van der Waals surface area contributed by atoms with Crippen molar-refractivity contribution in [2.45, 2.75) is 9.79 Å². The van der Waals surface area contributed by atoms with Gasteiger partial charge in [-0.3, -0.25) is 0 Å². The number of fused-ring (bicyclic) bond motifs is 1. The monoisotopic (exact) mass is 303 g/mol. The molecule has 0 N–H and O–H groups in total. The zero-order valence-electron chi connectivity index (χ0n) is 10.3. The van der Waals surface area contributed by atoms with Gasteiger partial charge in [0.1, 0.15) is 10.0 Å². The number of rotatable bonds is 2. The van der Waals surface area contributed by atoms with Crippen LogP contribution in [0.4, 0.5) is 0 Å². The number of aromatic nitrogens is 1. The Hall–Kier alpha value is -1.91. The summed E-state index contributed by atoms with van der Waals surface area (Å²) in [6.07, 6.45) is 0. The molecule has 3 rings (SSSR count). The second kappa shape index (κ2) is 4.89. The van der Waals surface area contributed by atoms with E-state index in [1.807, 2.05) is 18.2 Å². The van der Waals surface area contributed by atoms with Crippen LogP contribution in [0.2, 0.25) is 5.15 Å². The summed E-state index contributed by atoms with van der Waals surface area (Å²) in [5.41, 5.74) is 0.671. The normalized spacial score (nSPS) is 11.7. The molecule has 100 valence electrons. The van der Waals surface area contributed by atoms with E-state index in [0.29, 0.717) is 5.52 Å². The molecule has 5 heteroatoms. The fourth-order valence-corrected chi connectivity index (χ4v) is 3.76. The van der Waals surface area contributed by atoms with Gasteiger partial charge in [-0.1, -0.05) is 48.0 Å². The molecule has 1 aromatic heterocycles. The van der Waals surface area contributed by atoms with Crippen LogP contribution in [0.3, 0.4) is 0 Å². The Bertz CT molecular complexity index is 877. The Kier molecular flexibility index (Phi) is 3.20. The summed E-state index contributed by atoms with van der Waals surface area (Å²) in [5, 5.41) is 0.735. The van der Waals surface area contributed by atoms with Crippen LogP contribution in [0.25, 0.3) is 10.9 Å². The van der Waals surface area contributed by atoms with Crippen LogP contribution in [-0.4, -0.2) is 13.4 Å². The van der Waals surface area contributed by atoms with Crippen molar-refractivity contribution in [3.63, 3.8) is 0 Å². The standard InChI is InChI=1S/C15H10ClNO2S/c16-15-14(10-11-6-4-5-9-13(11)17-15)20(18,19)12-7-2-1-3-8-12/h1-10H. The highest BCUT2D eigenvalue weighted by molar-refractivity contribution is 7.91. The van der Waals surface area contributed by atoms with E-state index in [-0.39, 0.29) is 14.9 Å². The molecule has 20 heavy (non-hydrogen) atoms. The van der Waals surface area contributed by atoms with Crippen molar-refractivity contribution in [3.05, 3.63) is 65.8 Å². The van der Waals surface area contributed by atoms with Gasteiger partial charge in [0.15, 0.2) is 0 Å². The quantitative estimate of drug-likeness (QED) is 0.678. The topological polar surface area (TPSA) is 47.0 Å². The van der Waals surface area contributed by atoms with Crippen molar-refractivity contribution < 1.29 is 8.42 Å². The minimum atomic E-state index is -3.66. The lowest BCUT2D eigenvalue weighted by Crippen LogP contribution is -2.03. The molecule has 3 aromatic rings. The fraction of sp³-hybridized carbons (Fsp3) is 0. The minimum Gasteiger partial charge on any atom is -0.235 e. The first-order chi connectivity index (χ1) is 9.59. The molecule has 0 saturated heterocycles. The van der Waals surface area contributed by atoms with Gasteiger partial charge in [0.05, 0.1) is 10.4 Å². The highest BCUT2D eigenvalue weighted by atomic mass is 35.5. The van der Waals surface area contributed by atoms with Crippen molar-refractivity contribution in [1.29, 1.82) is 0 Å². The number of hydrogen-bond donors (Lipinski definition) is 0. The van der Waals surface area contributed by atoms with Crippen molar-refractivity contribution in [3.8, 4) is 0 Å². The van der Waals surface area contributed by atoms with E-state index in [0.717, 1.165) is 5.39 Å². The maximum Gasteiger partial charge on any atom is 0.209 e. The van der Waals surface area contributed by atoms with Gasteiger partial charge < -0.3 is 0 Å². The lowest BCUT2D eigenvalue weighted by Gasteiger charge is -2.07. The molecule has 0 radical (unpaired) electrons. The molecule has 0 aliphatic heterocycles. The largest absolute Gasteiger partial charge is 0.235 e. The van der Waals surface area contributed by atoms with Crippen LogP contribution in [0.15, 0.2) is 70.5 Å². The van der Waals surface area contributed by atoms with Gasteiger partial charge in [-0.25, -0.2) is 13.4 Å². The highest BCUT2D eigenvalue weighted by Gasteiger charge is 2.22. The maximum atomic E-state index is 12.6. The third-order valence-corrected chi connectivity index (χ3v) is 5.17. The summed E-state index contributed by atoms with van der Waals surface area (Å²) in [6.45, 7) is 0. The summed E-state index contributed by atoms with van der Waals surface area (Å²) in [6, 6.07) is 17.0. The van der Waals surface area contributed by atoms with E-state index >= 15 is 0 Å². The average Bonchev–Trinajstić information content (AvgIpc) is 2.47. The van der Waals surface area contributed by atoms with E-state index < -0.39 is 9.84 Å². The van der Waals surface area contributed by atoms with Gasteiger partial charge in [0, 0.05) is 5.39 Å². The SMILES string of the molecule is O=S(=O)(c1ccccc1)c1cc2ccccc2nc1Cl. The molecule has 1 heterocycles. The number of para-hydroxylation sites is 1. The number of nitrogens with zero attached hydrogens (tertiary/aromatic N) is 1. The van der Waals surface area contributed by atoms with Gasteiger partial charge in [-0.2, -0.15) is 0 Å². The Labute approximate surface area is 121 Å². The number of hydrogen-bond acceptors (Lipinski definition) is 3. The molecule has 0 bridgehead atoms. The molecule has 0 unspecified atom stereocenters. The summed E-state index contributed by atoms with van der Waals surface area (Å²) >= 11 is 6.05. The average molecular weight is 304 g/mol. The third-order valence-electron chi connectivity index (χ3n) is 2.99. The van der Waals surface area contributed by atoms with Crippen molar-refractivity contribution in [2.75, 3.05) is 0 Å². The van der Waals surface area contributed by atoms with E-state index in [4.69, 9.17) is 11.6 Å². The van der Waals surface area contributed by atoms with Crippen molar-refractivity contribution in [2.24, 2.45) is 0 Å². The van der Waals surface area contributed by atoms with Crippen LogP contribution in [0, 0.1) is 0 Å². The van der Waals surface area contributed by atoms with Crippen molar-refractivity contribution >= 4 is 32.3 Å². The Morgan fingerprint density at radius 2 is 1.55 bits per heavy atom. The van der Waals surface area contributed by atoms with Crippen LogP contribution >= 0.6 is 11.6 Å². The first kappa shape index (κ1) is 13.1. The Morgan fingerprint density at radius 3 is 2.30 bits per heavy atom. The van der Waals surface area contributed by atoms with E-state index in [1.54, 1.807) is 42.5 Å². The second-order valence-electron chi connectivity index (χ2n) is 4.29. The number of sulfone groups is 1. The number of halogens is 1. The predicted molar refractivity (Wildman–Crippen MR) is 78.6 cm³/mol. The van der Waals surface area contributed by atoms with Crippen molar-refractivity contribution in [1.82, 2.24) is 4.98 Å². The van der Waals surface area contributed by atoms with Gasteiger partial charge in [-0.05, 0) is 24.3 Å². The van der Waals surface area contributed by atoms with E-state index in [9.17, 15) is 8.42 Å². The summed E-state index contributed by atoms with van der Waals surface area (Å²) in [5.74, 6) is 0. The Balaban J connectivity index is 2.27. The zero-order valence-corrected chi connectivity index (χ0v) is 11.9. The molecule has 2 aromatic carbocycles. The summed E-state index contributed by atoms with van der Waals surface area (Å²) < 4.78 is 25.1. The third kappa shape index (κ3) is 2.17. The summed E-state index contributed by atoms with van der Waals surface area (Å²) in [4.78, 5) is 4.39. The molecule has 0 fully saturated rings. The minimum absolute atomic E-state index is 0.00690. The predicted octanol–water partition coefficient (Wildman–Crippen LogP) is 3.72. The molecule has 0 atom stereocenters. The van der Waals surface area contributed by atoms with Crippen LogP contribution in [-0.2, 0) is 9.84 Å². The fourth-order valence-electron chi connectivity index (χ4n) is 1.99. The molecule has 0 aliphatic rings. The molecule has 0 saturated carbocycles. The summed E-state index contributed by atoms with van der Waals surface area (Å²) in [7, 11) is -3.66. The molecule has 0 amide bonds. The van der Waals surface area contributed by atoms with Crippen LogP contribution in [0.1, 0.15) is 0 Å². The first-order valence-corrected chi connectivity index (χ1v) is 7.80. The molecule has 0 spiro atoms. The smallest absolute Gasteiger partial charge is 0.209 e. The van der Waals surface area contributed by atoms with E-state index in [1.165, 1.54) is 0 Å². The van der Waals surface area contributed by atoms with E-state index in [2.05, 4.69) is 4.98 Å². The molecular weight excluding hydrogens is 294 g/mol. The maximum absolute atomic E-state index is 12.6. The highest BCUT2D eigenvalue weighted by Crippen LogP contribution is 2.29. The Morgan fingerprint density at radius 1 is 0.900 bits per heavy atom. The molecular formula is C15H10ClNO2S. The van der Waals surface area contributed by atoms with Crippen LogP contribution in [0.5, 0.6) is 0 Å². The van der Waals surface area contributed by atoms with Gasteiger partial charge in [0.25, 0.3) is 0 Å². The van der Waals surface area contributed by atoms with Gasteiger partial charge >= 0.3 is 0 Å². The zero-order chi connectivity index (χ0) is 14.2. The number of pyridine rings is 1. The molecule has 0 aliphatic carbocycles. The number of benzene rings is 2.